The van der Waals surface area contributed by atoms with Crippen LogP contribution in [0.2, 0.25) is 0 Å². The van der Waals surface area contributed by atoms with E-state index in [0.717, 1.165) is 35.0 Å². The third kappa shape index (κ3) is 5.08. The summed E-state index contributed by atoms with van der Waals surface area (Å²) in [6.07, 6.45) is 3.12. The number of nitrogens with zero attached hydrogens (tertiary/aromatic N) is 2. The highest BCUT2D eigenvalue weighted by Crippen LogP contribution is 2.37. The number of hydrogen-bond acceptors (Lipinski definition) is 7. The molecule has 1 unspecified atom stereocenters. The molecule has 2 aliphatic heterocycles. The first-order valence-electron chi connectivity index (χ1n) is 9.89. The van der Waals surface area contributed by atoms with Crippen molar-refractivity contribution in [2.75, 3.05) is 38.3 Å². The molecule has 0 amide bonds. The van der Waals surface area contributed by atoms with Crippen LogP contribution in [0.15, 0.2) is 51.4 Å². The van der Waals surface area contributed by atoms with Gasteiger partial charge >= 0.3 is 5.97 Å². The number of rotatable bonds is 7. The molecule has 1 fully saturated rings. The number of benzene rings is 1. The molecule has 1 aromatic rings. The van der Waals surface area contributed by atoms with Gasteiger partial charge in [-0.1, -0.05) is 19.1 Å². The van der Waals surface area contributed by atoms with Crippen molar-refractivity contribution in [2.24, 2.45) is 0 Å². The van der Waals surface area contributed by atoms with Crippen LogP contribution in [-0.2, 0) is 25.9 Å². The van der Waals surface area contributed by atoms with Crippen molar-refractivity contribution >= 4 is 27.6 Å². The van der Waals surface area contributed by atoms with E-state index in [-0.39, 0.29) is 11.1 Å². The van der Waals surface area contributed by atoms with E-state index in [9.17, 15) is 18.3 Å². The Morgan fingerprint density at radius 2 is 1.87 bits per heavy atom. The summed E-state index contributed by atoms with van der Waals surface area (Å²) in [4.78, 5) is 16.7. The van der Waals surface area contributed by atoms with Crippen molar-refractivity contribution in [3.63, 3.8) is 0 Å². The minimum absolute atomic E-state index is 0.0827. The largest absolute Gasteiger partial charge is 0.478 e. The predicted octanol–water partition coefficient (Wildman–Crippen LogP) is 2.56. The summed E-state index contributed by atoms with van der Waals surface area (Å²) in [5, 5.41) is 10.6. The second-order valence-electron chi connectivity index (χ2n) is 7.37. The van der Waals surface area contributed by atoms with E-state index in [1.54, 1.807) is 24.3 Å². The summed E-state index contributed by atoms with van der Waals surface area (Å²) in [5.74, 6) is -0.184. The van der Waals surface area contributed by atoms with Crippen molar-refractivity contribution in [2.45, 2.75) is 31.5 Å². The number of aliphatic carboxylic acids is 1. The smallest absolute Gasteiger partial charge is 0.338 e. The van der Waals surface area contributed by atoms with Gasteiger partial charge in [0.05, 0.1) is 28.7 Å². The average Bonchev–Trinajstić information content (AvgIpc) is 2.70. The molecule has 0 bridgehead atoms. The molecule has 2 heterocycles. The second kappa shape index (κ2) is 9.55. The fourth-order valence-corrected chi connectivity index (χ4v) is 5.36. The Morgan fingerprint density at radius 1 is 1.23 bits per heavy atom. The number of hydrogen-bond donors (Lipinski definition) is 1. The van der Waals surface area contributed by atoms with Crippen LogP contribution < -0.4 is 0 Å². The van der Waals surface area contributed by atoms with Gasteiger partial charge in [-0.25, -0.2) is 13.2 Å². The number of morpholine rings is 1. The minimum Gasteiger partial charge on any atom is -0.478 e. The highest BCUT2D eigenvalue weighted by atomic mass is 32.2. The van der Waals surface area contributed by atoms with Crippen molar-refractivity contribution in [3.8, 4) is 0 Å². The first kappa shape index (κ1) is 22.9. The summed E-state index contributed by atoms with van der Waals surface area (Å²) in [7, 11) is -3.26. The third-order valence-electron chi connectivity index (χ3n) is 5.21. The molecule has 164 valence electrons. The first-order chi connectivity index (χ1) is 14.2. The molecule has 0 aromatic heterocycles. The highest BCUT2D eigenvalue weighted by molar-refractivity contribution is 8.03. The standard InChI is InChI=1S/C21H28N2O5S2/c1-4-29-20-19(21(24)25)15(2)13-18(22-9-11-28-12-10-22)23(20)14-16-5-7-17(8-6-16)30(3,26)27/h5-8,13,18H,4,9-12,14H2,1-3H3,(H,24,25). The van der Waals surface area contributed by atoms with Crippen LogP contribution in [0.4, 0.5) is 0 Å². The first-order valence-corrected chi connectivity index (χ1v) is 12.8. The zero-order valence-electron chi connectivity index (χ0n) is 17.5. The minimum atomic E-state index is -3.26. The van der Waals surface area contributed by atoms with Crippen LogP contribution in [0, 0.1) is 0 Å². The van der Waals surface area contributed by atoms with E-state index < -0.39 is 15.8 Å². The van der Waals surface area contributed by atoms with Crippen molar-refractivity contribution in [1.29, 1.82) is 0 Å². The molecular formula is C21H28N2O5S2. The molecule has 0 saturated carbocycles. The quantitative estimate of drug-likeness (QED) is 0.676. The molecule has 0 radical (unpaired) electrons. The predicted molar refractivity (Wildman–Crippen MR) is 118 cm³/mol. The van der Waals surface area contributed by atoms with Crippen LogP contribution in [0.5, 0.6) is 0 Å². The fourth-order valence-electron chi connectivity index (χ4n) is 3.73. The van der Waals surface area contributed by atoms with Crippen LogP contribution >= 0.6 is 11.8 Å². The Balaban J connectivity index is 2.00. The van der Waals surface area contributed by atoms with Gasteiger partial charge in [-0.3, -0.25) is 4.90 Å². The normalized spacial score (nSPS) is 21.0. The lowest BCUT2D eigenvalue weighted by molar-refractivity contribution is -0.132. The van der Waals surface area contributed by atoms with E-state index in [2.05, 4.69) is 9.80 Å². The van der Waals surface area contributed by atoms with Gasteiger partial charge in [0.1, 0.15) is 6.17 Å². The Hall–Kier alpha value is -1.81. The van der Waals surface area contributed by atoms with Crippen molar-refractivity contribution < 1.29 is 23.1 Å². The lowest BCUT2D eigenvalue weighted by Crippen LogP contribution is -2.52. The molecule has 0 aliphatic carbocycles. The molecule has 3 rings (SSSR count). The van der Waals surface area contributed by atoms with Gasteiger partial charge in [0.25, 0.3) is 0 Å². The number of ether oxygens (including phenoxy) is 1. The maximum Gasteiger partial charge on any atom is 0.338 e. The summed E-state index contributed by atoms with van der Waals surface area (Å²) in [5.41, 5.74) is 2.02. The monoisotopic (exact) mass is 452 g/mol. The van der Waals surface area contributed by atoms with Gasteiger partial charge in [0, 0.05) is 25.9 Å². The number of carbonyl (C=O) groups is 1. The summed E-state index contributed by atoms with van der Waals surface area (Å²) >= 11 is 1.53. The molecule has 0 spiro atoms. The van der Waals surface area contributed by atoms with Gasteiger partial charge in [-0.2, -0.15) is 0 Å². The maximum atomic E-state index is 12.0. The zero-order valence-corrected chi connectivity index (χ0v) is 19.1. The third-order valence-corrected chi connectivity index (χ3v) is 7.34. The maximum absolute atomic E-state index is 12.0. The van der Waals surface area contributed by atoms with Gasteiger partial charge in [0.2, 0.25) is 0 Å². The van der Waals surface area contributed by atoms with Gasteiger partial charge in [0.15, 0.2) is 9.84 Å². The topological polar surface area (TPSA) is 87.2 Å². The molecular weight excluding hydrogens is 424 g/mol. The molecule has 7 nitrogen and oxygen atoms in total. The number of thioether (sulfide) groups is 1. The molecule has 2 aliphatic rings. The Kier molecular flexibility index (Phi) is 7.28. The molecule has 1 N–H and O–H groups in total. The van der Waals surface area contributed by atoms with E-state index in [0.29, 0.717) is 25.3 Å². The summed E-state index contributed by atoms with van der Waals surface area (Å²) < 4.78 is 29.0. The molecule has 1 atom stereocenters. The van der Waals surface area contributed by atoms with Gasteiger partial charge < -0.3 is 14.7 Å². The number of carboxylic acids is 1. The van der Waals surface area contributed by atoms with Crippen LogP contribution in [-0.4, -0.2) is 73.8 Å². The Bertz CT molecular complexity index is 948. The summed E-state index contributed by atoms with van der Waals surface area (Å²) in [6.45, 7) is 7.17. The Labute approximate surface area is 182 Å². The highest BCUT2D eigenvalue weighted by Gasteiger charge is 2.34. The van der Waals surface area contributed by atoms with Crippen LogP contribution in [0.1, 0.15) is 19.4 Å². The van der Waals surface area contributed by atoms with Crippen LogP contribution in [0.25, 0.3) is 0 Å². The van der Waals surface area contributed by atoms with E-state index >= 15 is 0 Å². The van der Waals surface area contributed by atoms with E-state index in [4.69, 9.17) is 4.74 Å². The second-order valence-corrected chi connectivity index (χ2v) is 10.6. The molecule has 30 heavy (non-hydrogen) atoms. The summed E-state index contributed by atoms with van der Waals surface area (Å²) in [6, 6.07) is 6.81. The number of sulfone groups is 1. The molecule has 9 heteroatoms. The Morgan fingerprint density at radius 3 is 2.40 bits per heavy atom. The molecule has 1 aromatic carbocycles. The van der Waals surface area contributed by atoms with Crippen LogP contribution in [0.3, 0.4) is 0 Å². The van der Waals surface area contributed by atoms with Gasteiger partial charge in [-0.05, 0) is 42.0 Å². The fraction of sp³-hybridized carbons (Fsp3) is 0.476. The lowest BCUT2D eigenvalue weighted by atomic mass is 10.0. The SMILES string of the molecule is CCSC1=C(C(=O)O)C(C)=CC(N2CCOCC2)N1Cc1ccc(S(C)(=O)=O)cc1. The van der Waals surface area contributed by atoms with Crippen molar-refractivity contribution in [1.82, 2.24) is 9.80 Å². The van der Waals surface area contributed by atoms with Crippen molar-refractivity contribution in [3.05, 3.63) is 52.1 Å². The van der Waals surface area contributed by atoms with Gasteiger partial charge in [-0.15, -0.1) is 11.8 Å². The number of carboxylic acid groups (broad SMARTS) is 1. The van der Waals surface area contributed by atoms with E-state index in [1.807, 2.05) is 19.9 Å². The average molecular weight is 453 g/mol. The van der Waals surface area contributed by atoms with E-state index in [1.165, 1.54) is 18.0 Å². The zero-order chi connectivity index (χ0) is 21.9. The lowest BCUT2D eigenvalue weighted by Gasteiger charge is -2.44. The molecule has 1 saturated heterocycles.